The lowest BCUT2D eigenvalue weighted by molar-refractivity contribution is 0.316. The Morgan fingerprint density at radius 1 is 1.54 bits per heavy atom. The van der Waals surface area contributed by atoms with Crippen molar-refractivity contribution < 1.29 is 5.21 Å². The Hall–Kier alpha value is -0.380. The SMILES string of the molecule is CCC(C)SCCCC/C(N)=N/O. The van der Waals surface area contributed by atoms with E-state index in [0.29, 0.717) is 12.3 Å². The number of thioether (sulfide) groups is 1. The van der Waals surface area contributed by atoms with Crippen molar-refractivity contribution in [1.82, 2.24) is 0 Å². The first-order chi connectivity index (χ1) is 6.20. The summed E-state index contributed by atoms with van der Waals surface area (Å²) < 4.78 is 0. The largest absolute Gasteiger partial charge is 0.409 e. The van der Waals surface area contributed by atoms with Gasteiger partial charge in [0.15, 0.2) is 0 Å². The second-order valence-corrected chi connectivity index (χ2v) is 4.68. The Kier molecular flexibility index (Phi) is 7.99. The van der Waals surface area contributed by atoms with E-state index in [-0.39, 0.29) is 0 Å². The zero-order valence-electron chi connectivity index (χ0n) is 8.49. The zero-order chi connectivity index (χ0) is 10.1. The third-order valence-corrected chi connectivity index (χ3v) is 3.36. The molecule has 0 saturated carbocycles. The second kappa shape index (κ2) is 8.23. The summed E-state index contributed by atoms with van der Waals surface area (Å²) in [5.41, 5.74) is 5.33. The van der Waals surface area contributed by atoms with E-state index >= 15 is 0 Å². The van der Waals surface area contributed by atoms with Gasteiger partial charge >= 0.3 is 0 Å². The van der Waals surface area contributed by atoms with Gasteiger partial charge in [-0.1, -0.05) is 19.0 Å². The fourth-order valence-electron chi connectivity index (χ4n) is 0.861. The molecule has 0 aromatic rings. The predicted molar refractivity (Wildman–Crippen MR) is 59.5 cm³/mol. The Morgan fingerprint density at radius 3 is 2.77 bits per heavy atom. The molecule has 0 aromatic heterocycles. The molecular formula is C9H20N2OS. The molecule has 0 amide bonds. The van der Waals surface area contributed by atoms with Crippen LogP contribution in [0.4, 0.5) is 0 Å². The maximum Gasteiger partial charge on any atom is 0.139 e. The molecule has 1 atom stereocenters. The van der Waals surface area contributed by atoms with Crippen LogP contribution in [-0.2, 0) is 0 Å². The average molecular weight is 204 g/mol. The van der Waals surface area contributed by atoms with Crippen molar-refractivity contribution in [3.63, 3.8) is 0 Å². The molecule has 0 aliphatic carbocycles. The minimum Gasteiger partial charge on any atom is -0.409 e. The van der Waals surface area contributed by atoms with Gasteiger partial charge in [0.05, 0.1) is 0 Å². The van der Waals surface area contributed by atoms with Gasteiger partial charge in [-0.15, -0.1) is 0 Å². The van der Waals surface area contributed by atoms with Gasteiger partial charge in [-0.3, -0.25) is 0 Å². The number of hydrogen-bond donors (Lipinski definition) is 2. The minimum absolute atomic E-state index is 0.341. The van der Waals surface area contributed by atoms with Gasteiger partial charge < -0.3 is 10.9 Å². The summed E-state index contributed by atoms with van der Waals surface area (Å²) >= 11 is 1.99. The second-order valence-electron chi connectivity index (χ2n) is 3.14. The van der Waals surface area contributed by atoms with Crippen LogP contribution in [0.5, 0.6) is 0 Å². The smallest absolute Gasteiger partial charge is 0.139 e. The molecule has 0 spiro atoms. The van der Waals surface area contributed by atoms with Gasteiger partial charge in [-0.25, -0.2) is 0 Å². The van der Waals surface area contributed by atoms with Crippen molar-refractivity contribution in [2.75, 3.05) is 5.75 Å². The van der Waals surface area contributed by atoms with E-state index in [0.717, 1.165) is 18.1 Å². The fourth-order valence-corrected chi connectivity index (χ4v) is 1.87. The number of unbranched alkanes of at least 4 members (excludes halogenated alkanes) is 1. The Morgan fingerprint density at radius 2 is 2.23 bits per heavy atom. The number of nitrogens with two attached hydrogens (primary N) is 1. The summed E-state index contributed by atoms with van der Waals surface area (Å²) in [6.45, 7) is 4.45. The van der Waals surface area contributed by atoms with Gasteiger partial charge in [0.1, 0.15) is 5.84 Å². The zero-order valence-corrected chi connectivity index (χ0v) is 9.31. The number of nitrogens with zero attached hydrogens (tertiary/aromatic N) is 1. The van der Waals surface area contributed by atoms with Crippen LogP contribution in [0.1, 0.15) is 39.5 Å². The van der Waals surface area contributed by atoms with Gasteiger partial charge in [-0.2, -0.15) is 11.8 Å². The molecule has 0 heterocycles. The highest BCUT2D eigenvalue weighted by Crippen LogP contribution is 2.15. The van der Waals surface area contributed by atoms with Crippen LogP contribution in [0.2, 0.25) is 0 Å². The predicted octanol–water partition coefficient (Wildman–Crippen LogP) is 2.43. The van der Waals surface area contributed by atoms with Crippen LogP contribution in [0, 0.1) is 0 Å². The summed E-state index contributed by atoms with van der Waals surface area (Å²) in [6, 6.07) is 0. The Labute approximate surface area is 84.8 Å². The summed E-state index contributed by atoms with van der Waals surface area (Å²) in [5, 5.41) is 12.0. The van der Waals surface area contributed by atoms with Crippen molar-refractivity contribution in [3.05, 3.63) is 0 Å². The number of rotatable bonds is 7. The summed E-state index contributed by atoms with van der Waals surface area (Å²) in [7, 11) is 0. The topological polar surface area (TPSA) is 58.6 Å². The highest BCUT2D eigenvalue weighted by Gasteiger charge is 1.98. The Balaban J connectivity index is 3.17. The third-order valence-electron chi connectivity index (χ3n) is 1.93. The van der Waals surface area contributed by atoms with Crippen molar-refractivity contribution in [3.8, 4) is 0 Å². The molecule has 0 radical (unpaired) electrons. The van der Waals surface area contributed by atoms with E-state index in [2.05, 4.69) is 19.0 Å². The molecule has 0 rings (SSSR count). The molecular weight excluding hydrogens is 184 g/mol. The van der Waals surface area contributed by atoms with Gasteiger partial charge in [0.25, 0.3) is 0 Å². The first-order valence-electron chi connectivity index (χ1n) is 4.78. The highest BCUT2D eigenvalue weighted by molar-refractivity contribution is 7.99. The Bertz CT molecular complexity index is 151. The molecule has 13 heavy (non-hydrogen) atoms. The number of hydrogen-bond acceptors (Lipinski definition) is 3. The van der Waals surface area contributed by atoms with E-state index in [1.165, 1.54) is 12.2 Å². The molecule has 0 fully saturated rings. The molecule has 3 N–H and O–H groups in total. The van der Waals surface area contributed by atoms with Crippen molar-refractivity contribution in [2.24, 2.45) is 10.9 Å². The van der Waals surface area contributed by atoms with E-state index in [1.807, 2.05) is 11.8 Å². The van der Waals surface area contributed by atoms with E-state index in [1.54, 1.807) is 0 Å². The standard InChI is InChI=1S/C9H20N2OS/c1-3-8(2)13-7-5-4-6-9(10)11-12/h8,12H,3-7H2,1-2H3,(H2,10,11). The van der Waals surface area contributed by atoms with Crippen LogP contribution in [0.25, 0.3) is 0 Å². The molecule has 1 unspecified atom stereocenters. The summed E-state index contributed by atoms with van der Waals surface area (Å²) in [4.78, 5) is 0. The van der Waals surface area contributed by atoms with E-state index in [9.17, 15) is 0 Å². The first-order valence-corrected chi connectivity index (χ1v) is 5.83. The van der Waals surface area contributed by atoms with Crippen LogP contribution >= 0.6 is 11.8 Å². The van der Waals surface area contributed by atoms with Crippen LogP contribution in [0.15, 0.2) is 5.16 Å². The van der Waals surface area contributed by atoms with Crippen LogP contribution in [-0.4, -0.2) is 22.0 Å². The molecule has 4 heteroatoms. The molecule has 0 aliphatic rings. The summed E-state index contributed by atoms with van der Waals surface area (Å²) in [6.07, 6.45) is 4.09. The molecule has 0 bridgehead atoms. The van der Waals surface area contributed by atoms with Crippen molar-refractivity contribution in [2.45, 2.75) is 44.8 Å². The minimum atomic E-state index is 0.341. The lowest BCUT2D eigenvalue weighted by atomic mass is 10.2. The van der Waals surface area contributed by atoms with Gasteiger partial charge in [0.2, 0.25) is 0 Å². The summed E-state index contributed by atoms with van der Waals surface area (Å²) in [5.74, 6) is 1.52. The lowest BCUT2D eigenvalue weighted by Gasteiger charge is -2.06. The maximum atomic E-state index is 8.28. The van der Waals surface area contributed by atoms with Crippen LogP contribution in [0.3, 0.4) is 0 Å². The molecule has 0 aromatic carbocycles. The molecule has 0 aliphatic heterocycles. The monoisotopic (exact) mass is 204 g/mol. The van der Waals surface area contributed by atoms with E-state index < -0.39 is 0 Å². The molecule has 3 nitrogen and oxygen atoms in total. The fraction of sp³-hybridized carbons (Fsp3) is 0.889. The van der Waals surface area contributed by atoms with E-state index in [4.69, 9.17) is 10.9 Å². The highest BCUT2D eigenvalue weighted by atomic mass is 32.2. The lowest BCUT2D eigenvalue weighted by Crippen LogP contribution is -2.10. The normalized spacial score (nSPS) is 14.5. The van der Waals surface area contributed by atoms with Crippen LogP contribution < -0.4 is 5.73 Å². The molecule has 78 valence electrons. The third kappa shape index (κ3) is 7.96. The van der Waals surface area contributed by atoms with Crippen molar-refractivity contribution in [1.29, 1.82) is 0 Å². The number of amidine groups is 1. The first kappa shape index (κ1) is 12.6. The maximum absolute atomic E-state index is 8.28. The van der Waals surface area contributed by atoms with Gasteiger partial charge in [-0.05, 0) is 25.0 Å². The van der Waals surface area contributed by atoms with Gasteiger partial charge in [0, 0.05) is 11.7 Å². The van der Waals surface area contributed by atoms with Crippen molar-refractivity contribution >= 4 is 17.6 Å². The molecule has 0 saturated heterocycles. The number of oxime groups is 1. The quantitative estimate of drug-likeness (QED) is 0.220. The average Bonchev–Trinajstić information content (AvgIpc) is 2.16.